The van der Waals surface area contributed by atoms with E-state index in [1.165, 1.54) is 21.3 Å². The van der Waals surface area contributed by atoms with Crippen molar-refractivity contribution in [3.63, 3.8) is 0 Å². The third-order valence-corrected chi connectivity index (χ3v) is 3.50. The first-order chi connectivity index (χ1) is 10.6. The Morgan fingerprint density at radius 3 is 2.32 bits per heavy atom. The number of hydrogen-bond acceptors (Lipinski definition) is 5. The van der Waals surface area contributed by atoms with Crippen molar-refractivity contribution in [3.05, 3.63) is 17.7 Å². The summed E-state index contributed by atoms with van der Waals surface area (Å²) >= 11 is 0. The van der Waals surface area contributed by atoms with Crippen LogP contribution in [0, 0.1) is 0 Å². The molecule has 1 heterocycles. The summed E-state index contributed by atoms with van der Waals surface area (Å²) in [7, 11) is 4.60. The standard InChI is InChI=1S/C15H20N2O5/c1-20-11-6-9(7-12(21-2)14(11)22-3)8-16-15(19)10-4-5-13(18)17-10/h6-7,10H,4-5,8H2,1-3H3,(H,16,19)(H,17,18)/t10-/m0/s1. The van der Waals surface area contributed by atoms with Crippen molar-refractivity contribution in [3.8, 4) is 17.2 Å². The first kappa shape index (κ1) is 15.9. The summed E-state index contributed by atoms with van der Waals surface area (Å²) in [5.74, 6) is 1.27. The number of amides is 2. The molecule has 1 aromatic carbocycles. The number of ether oxygens (including phenoxy) is 3. The highest BCUT2D eigenvalue weighted by molar-refractivity contribution is 5.90. The van der Waals surface area contributed by atoms with Gasteiger partial charge in [-0.2, -0.15) is 0 Å². The van der Waals surface area contributed by atoms with Gasteiger partial charge in [-0.3, -0.25) is 9.59 Å². The van der Waals surface area contributed by atoms with Crippen molar-refractivity contribution in [2.75, 3.05) is 21.3 Å². The largest absolute Gasteiger partial charge is 0.493 e. The fourth-order valence-corrected chi connectivity index (χ4v) is 2.36. The second-order valence-electron chi connectivity index (χ2n) is 4.91. The molecule has 1 fully saturated rings. The lowest BCUT2D eigenvalue weighted by atomic mass is 10.1. The molecule has 0 aliphatic carbocycles. The van der Waals surface area contributed by atoms with E-state index in [1.54, 1.807) is 12.1 Å². The number of hydrogen-bond donors (Lipinski definition) is 2. The Hall–Kier alpha value is -2.44. The van der Waals surface area contributed by atoms with Crippen molar-refractivity contribution in [1.29, 1.82) is 0 Å². The van der Waals surface area contributed by atoms with Crippen LogP contribution in [0.5, 0.6) is 17.2 Å². The summed E-state index contributed by atoms with van der Waals surface area (Å²) in [5, 5.41) is 5.43. The number of carbonyl (C=O) groups excluding carboxylic acids is 2. The minimum atomic E-state index is -0.450. The van der Waals surface area contributed by atoms with Crippen LogP contribution < -0.4 is 24.8 Å². The maximum atomic E-state index is 12.0. The van der Waals surface area contributed by atoms with E-state index in [4.69, 9.17) is 14.2 Å². The van der Waals surface area contributed by atoms with Crippen molar-refractivity contribution < 1.29 is 23.8 Å². The van der Waals surface area contributed by atoms with E-state index in [0.29, 0.717) is 36.6 Å². The predicted molar refractivity (Wildman–Crippen MR) is 79.1 cm³/mol. The monoisotopic (exact) mass is 308 g/mol. The molecule has 0 saturated carbocycles. The third kappa shape index (κ3) is 3.41. The van der Waals surface area contributed by atoms with Crippen molar-refractivity contribution in [2.24, 2.45) is 0 Å². The molecule has 1 atom stereocenters. The molecule has 2 N–H and O–H groups in total. The molecular formula is C15H20N2O5. The van der Waals surface area contributed by atoms with Gasteiger partial charge in [-0.25, -0.2) is 0 Å². The Morgan fingerprint density at radius 2 is 1.86 bits per heavy atom. The molecule has 0 aromatic heterocycles. The van der Waals surface area contributed by atoms with E-state index < -0.39 is 6.04 Å². The second kappa shape index (κ2) is 7.02. The minimum absolute atomic E-state index is 0.0899. The molecule has 0 spiro atoms. The Balaban J connectivity index is 2.06. The van der Waals surface area contributed by atoms with E-state index in [2.05, 4.69) is 10.6 Å². The highest BCUT2D eigenvalue weighted by Gasteiger charge is 2.26. The highest BCUT2D eigenvalue weighted by Crippen LogP contribution is 2.38. The third-order valence-electron chi connectivity index (χ3n) is 3.50. The molecule has 2 rings (SSSR count). The molecule has 120 valence electrons. The van der Waals surface area contributed by atoms with Gasteiger partial charge in [0.05, 0.1) is 21.3 Å². The Labute approximate surface area is 128 Å². The molecule has 2 amide bonds. The topological polar surface area (TPSA) is 85.9 Å². The SMILES string of the molecule is COc1cc(CNC(=O)[C@@H]2CCC(=O)N2)cc(OC)c1OC. The fraction of sp³-hybridized carbons (Fsp3) is 0.467. The summed E-state index contributed by atoms with van der Waals surface area (Å²) in [6, 6.07) is 3.10. The van der Waals surface area contributed by atoms with Crippen LogP contribution in [0.15, 0.2) is 12.1 Å². The number of benzene rings is 1. The fourth-order valence-electron chi connectivity index (χ4n) is 2.36. The van der Waals surface area contributed by atoms with Crippen LogP contribution in [-0.4, -0.2) is 39.2 Å². The summed E-state index contributed by atoms with van der Waals surface area (Å²) in [6.45, 7) is 0.307. The lowest BCUT2D eigenvalue weighted by Crippen LogP contribution is -2.41. The predicted octanol–water partition coefficient (Wildman–Crippen LogP) is 0.607. The van der Waals surface area contributed by atoms with Gasteiger partial charge in [-0.05, 0) is 24.1 Å². The van der Waals surface area contributed by atoms with Gasteiger partial charge in [-0.15, -0.1) is 0 Å². The summed E-state index contributed by atoms with van der Waals surface area (Å²) < 4.78 is 15.8. The van der Waals surface area contributed by atoms with Crippen molar-refractivity contribution in [2.45, 2.75) is 25.4 Å². The molecule has 7 heteroatoms. The normalized spacial score (nSPS) is 16.9. The molecular weight excluding hydrogens is 288 g/mol. The molecule has 0 radical (unpaired) electrons. The Kier molecular flexibility index (Phi) is 5.08. The van der Waals surface area contributed by atoms with Gasteiger partial charge in [0.15, 0.2) is 11.5 Å². The van der Waals surface area contributed by atoms with Crippen LogP contribution in [0.4, 0.5) is 0 Å². The van der Waals surface area contributed by atoms with Gasteiger partial charge in [-0.1, -0.05) is 0 Å². The second-order valence-corrected chi connectivity index (χ2v) is 4.91. The zero-order valence-electron chi connectivity index (χ0n) is 12.9. The smallest absolute Gasteiger partial charge is 0.242 e. The maximum Gasteiger partial charge on any atom is 0.242 e. The van der Waals surface area contributed by atoms with Gasteiger partial charge in [0.25, 0.3) is 0 Å². The molecule has 22 heavy (non-hydrogen) atoms. The molecule has 1 aliphatic heterocycles. The van der Waals surface area contributed by atoms with Crippen LogP contribution in [0.3, 0.4) is 0 Å². The lowest BCUT2D eigenvalue weighted by Gasteiger charge is -2.15. The van der Waals surface area contributed by atoms with E-state index in [0.717, 1.165) is 5.56 Å². The van der Waals surface area contributed by atoms with Gasteiger partial charge in [0.2, 0.25) is 17.6 Å². The van der Waals surface area contributed by atoms with Gasteiger partial charge in [0, 0.05) is 13.0 Å². The Morgan fingerprint density at radius 1 is 1.23 bits per heavy atom. The number of methoxy groups -OCH3 is 3. The van der Waals surface area contributed by atoms with Crippen molar-refractivity contribution >= 4 is 11.8 Å². The molecule has 7 nitrogen and oxygen atoms in total. The average Bonchev–Trinajstić information content (AvgIpc) is 2.97. The Bertz CT molecular complexity index is 548. The van der Waals surface area contributed by atoms with Crippen LogP contribution in [-0.2, 0) is 16.1 Å². The molecule has 1 aliphatic rings. The summed E-state index contributed by atoms with van der Waals surface area (Å²) in [4.78, 5) is 23.1. The van der Waals surface area contributed by atoms with E-state index in [9.17, 15) is 9.59 Å². The zero-order chi connectivity index (χ0) is 16.1. The van der Waals surface area contributed by atoms with Crippen LogP contribution in [0.25, 0.3) is 0 Å². The lowest BCUT2D eigenvalue weighted by molar-refractivity contribution is -0.125. The van der Waals surface area contributed by atoms with E-state index >= 15 is 0 Å². The quantitative estimate of drug-likeness (QED) is 0.804. The van der Waals surface area contributed by atoms with Gasteiger partial charge < -0.3 is 24.8 Å². The first-order valence-electron chi connectivity index (χ1n) is 6.95. The molecule has 1 aromatic rings. The van der Waals surface area contributed by atoms with E-state index in [1.807, 2.05) is 0 Å². The van der Waals surface area contributed by atoms with Crippen LogP contribution in [0.1, 0.15) is 18.4 Å². The minimum Gasteiger partial charge on any atom is -0.493 e. The van der Waals surface area contributed by atoms with Crippen molar-refractivity contribution in [1.82, 2.24) is 10.6 Å². The summed E-state index contributed by atoms with van der Waals surface area (Å²) in [6.07, 6.45) is 0.919. The molecule has 0 bridgehead atoms. The molecule has 1 saturated heterocycles. The summed E-state index contributed by atoms with van der Waals surface area (Å²) in [5.41, 5.74) is 0.812. The zero-order valence-corrected chi connectivity index (χ0v) is 12.9. The first-order valence-corrected chi connectivity index (χ1v) is 6.95. The van der Waals surface area contributed by atoms with Gasteiger partial charge >= 0.3 is 0 Å². The number of carbonyl (C=O) groups is 2. The number of rotatable bonds is 6. The van der Waals surface area contributed by atoms with E-state index in [-0.39, 0.29) is 11.8 Å². The number of nitrogens with one attached hydrogen (secondary N) is 2. The molecule has 0 unspecified atom stereocenters. The van der Waals surface area contributed by atoms with Gasteiger partial charge in [0.1, 0.15) is 6.04 Å². The highest BCUT2D eigenvalue weighted by atomic mass is 16.5. The van der Waals surface area contributed by atoms with Crippen LogP contribution in [0.2, 0.25) is 0 Å². The maximum absolute atomic E-state index is 12.0. The average molecular weight is 308 g/mol. The van der Waals surface area contributed by atoms with Crippen LogP contribution >= 0.6 is 0 Å².